The number of hydroxylamine groups is 1. The van der Waals surface area contributed by atoms with Gasteiger partial charge in [0.05, 0.1) is 13.7 Å². The monoisotopic (exact) mass is 270 g/mol. The average molecular weight is 270 g/mol. The first-order valence-electron chi connectivity index (χ1n) is 5.40. The van der Waals surface area contributed by atoms with Gasteiger partial charge in [-0.15, -0.1) is 4.48 Å². The number of hydrogen-bond donors (Lipinski definition) is 0. The Morgan fingerprint density at radius 2 is 2.05 bits per heavy atom. The third-order valence-electron chi connectivity index (χ3n) is 2.23. The van der Waals surface area contributed by atoms with Gasteiger partial charge in [0.15, 0.2) is 5.71 Å². The Balaban J connectivity index is 3.09. The Kier molecular flexibility index (Phi) is 5.91. The second-order valence-electron chi connectivity index (χ2n) is 3.47. The summed E-state index contributed by atoms with van der Waals surface area (Å²) in [6.45, 7) is -0.0527. The van der Waals surface area contributed by atoms with E-state index in [0.717, 1.165) is 7.05 Å². The summed E-state index contributed by atoms with van der Waals surface area (Å²) in [4.78, 5) is 21.0. The van der Waals surface area contributed by atoms with Crippen LogP contribution in [0.4, 0.5) is 4.48 Å². The molecule has 0 saturated carbocycles. The second kappa shape index (κ2) is 7.45. The van der Waals surface area contributed by atoms with Gasteiger partial charge in [-0.2, -0.15) is 0 Å². The van der Waals surface area contributed by atoms with E-state index < -0.39 is 5.97 Å². The average Bonchev–Trinajstić information content (AvgIpc) is 2.42. The molecule has 0 atom stereocenters. The smallest absolute Gasteiger partial charge is 0.360 e. The molecule has 1 aromatic rings. The lowest BCUT2D eigenvalue weighted by atomic mass is 10.0. The molecule has 19 heavy (non-hydrogen) atoms. The first kappa shape index (κ1) is 15.1. The number of carbonyl (C=O) groups is 1. The van der Waals surface area contributed by atoms with Crippen molar-refractivity contribution in [1.82, 2.24) is 5.29 Å². The predicted octanol–water partition coefficient (Wildman–Crippen LogP) is 1.46. The van der Waals surface area contributed by atoms with Gasteiger partial charge in [0, 0.05) is 12.6 Å². The fourth-order valence-corrected chi connectivity index (χ4v) is 1.42. The summed E-state index contributed by atoms with van der Waals surface area (Å²) in [5.41, 5.74) is 1.02. The minimum Gasteiger partial charge on any atom is -0.464 e. The summed E-state index contributed by atoms with van der Waals surface area (Å²) in [6.07, 6.45) is 0. The van der Waals surface area contributed by atoms with Crippen LogP contribution in [-0.4, -0.2) is 38.2 Å². The molecule has 0 spiro atoms. The molecule has 0 aliphatic heterocycles. The third-order valence-corrected chi connectivity index (χ3v) is 2.23. The Morgan fingerprint density at radius 3 is 2.63 bits per heavy atom. The highest BCUT2D eigenvalue weighted by Gasteiger charge is 2.19. The van der Waals surface area contributed by atoms with E-state index in [1.165, 1.54) is 14.2 Å². The van der Waals surface area contributed by atoms with Gasteiger partial charge in [-0.25, -0.2) is 4.79 Å². The first-order chi connectivity index (χ1) is 9.10. The van der Waals surface area contributed by atoms with E-state index in [1.807, 2.05) is 0 Å². The van der Waals surface area contributed by atoms with Crippen LogP contribution in [0, 0.1) is 0 Å². The van der Waals surface area contributed by atoms with Crippen LogP contribution >= 0.6 is 0 Å². The van der Waals surface area contributed by atoms with Crippen LogP contribution in [0.15, 0.2) is 29.4 Å². The molecule has 0 aliphatic carbocycles. The zero-order valence-electron chi connectivity index (χ0n) is 10.9. The van der Waals surface area contributed by atoms with Gasteiger partial charge < -0.3 is 9.57 Å². The zero-order valence-corrected chi connectivity index (χ0v) is 10.9. The highest BCUT2D eigenvalue weighted by atomic mass is 19.2. The summed E-state index contributed by atoms with van der Waals surface area (Å²) < 4.78 is 17.2. The number of nitrogens with zero attached hydrogens (tertiary/aromatic N) is 2. The van der Waals surface area contributed by atoms with Gasteiger partial charge in [0.2, 0.25) is 0 Å². The normalized spacial score (nSPS) is 11.5. The Morgan fingerprint density at radius 1 is 1.37 bits per heavy atom. The van der Waals surface area contributed by atoms with Crippen LogP contribution in [-0.2, 0) is 25.8 Å². The van der Waals surface area contributed by atoms with Crippen LogP contribution < -0.4 is 0 Å². The van der Waals surface area contributed by atoms with Crippen molar-refractivity contribution in [3.05, 3.63) is 35.4 Å². The maximum Gasteiger partial charge on any atom is 0.360 e. The number of methoxy groups -OCH3 is 1. The number of oxime groups is 1. The number of halogens is 1. The van der Waals surface area contributed by atoms with Gasteiger partial charge in [0.1, 0.15) is 7.11 Å². The van der Waals surface area contributed by atoms with Gasteiger partial charge >= 0.3 is 5.97 Å². The SMILES string of the molecule is CO/N=C(/C(=O)OC)c1ccccc1CON(C)F. The molecule has 0 heterocycles. The van der Waals surface area contributed by atoms with E-state index in [4.69, 9.17) is 4.84 Å². The number of carbonyl (C=O) groups excluding carboxylic acids is 1. The molecule has 0 amide bonds. The predicted molar refractivity (Wildman–Crippen MR) is 65.7 cm³/mol. The molecule has 104 valence electrons. The fourth-order valence-electron chi connectivity index (χ4n) is 1.42. The molecular weight excluding hydrogens is 255 g/mol. The standard InChI is InChI=1S/C12H15FN2O4/c1-15(13)19-8-9-6-4-5-7-10(9)11(14-18-3)12(16)17-2/h4-7H,8H2,1-3H3/b14-11+. The summed E-state index contributed by atoms with van der Waals surface area (Å²) in [7, 11) is 3.67. The molecule has 1 aromatic carbocycles. The van der Waals surface area contributed by atoms with Crippen LogP contribution in [0.2, 0.25) is 0 Å². The highest BCUT2D eigenvalue weighted by Crippen LogP contribution is 2.13. The number of benzene rings is 1. The van der Waals surface area contributed by atoms with E-state index in [1.54, 1.807) is 24.3 Å². The van der Waals surface area contributed by atoms with E-state index in [0.29, 0.717) is 11.1 Å². The van der Waals surface area contributed by atoms with E-state index in [-0.39, 0.29) is 17.6 Å². The molecule has 6 nitrogen and oxygen atoms in total. The molecular formula is C12H15FN2O4. The Bertz CT molecular complexity index is 463. The number of hydrogen-bond acceptors (Lipinski definition) is 6. The van der Waals surface area contributed by atoms with Crippen molar-refractivity contribution in [2.24, 2.45) is 5.16 Å². The van der Waals surface area contributed by atoms with E-state index in [9.17, 15) is 9.28 Å². The Hall–Kier alpha value is -1.99. The van der Waals surface area contributed by atoms with E-state index in [2.05, 4.69) is 14.7 Å². The van der Waals surface area contributed by atoms with Crippen molar-refractivity contribution in [3.63, 3.8) is 0 Å². The maximum atomic E-state index is 12.6. The van der Waals surface area contributed by atoms with Crippen LogP contribution in [0.1, 0.15) is 11.1 Å². The Labute approximate surface area is 110 Å². The van der Waals surface area contributed by atoms with Crippen molar-refractivity contribution in [1.29, 1.82) is 0 Å². The molecule has 0 aliphatic rings. The quantitative estimate of drug-likeness (QED) is 0.339. The molecule has 0 N–H and O–H groups in total. The van der Waals surface area contributed by atoms with Crippen molar-refractivity contribution in [2.75, 3.05) is 21.3 Å². The van der Waals surface area contributed by atoms with Crippen molar-refractivity contribution >= 4 is 11.7 Å². The zero-order chi connectivity index (χ0) is 14.3. The molecule has 0 aromatic heterocycles. The summed E-state index contributed by atoms with van der Waals surface area (Å²) >= 11 is 0. The van der Waals surface area contributed by atoms with Crippen LogP contribution in [0.25, 0.3) is 0 Å². The minimum absolute atomic E-state index is 0.00860. The first-order valence-corrected chi connectivity index (χ1v) is 5.40. The van der Waals surface area contributed by atoms with Gasteiger partial charge in [-0.1, -0.05) is 29.4 Å². The molecule has 0 unspecified atom stereocenters. The lowest BCUT2D eigenvalue weighted by Gasteiger charge is -2.11. The van der Waals surface area contributed by atoms with Gasteiger partial charge in [-0.05, 0) is 10.8 Å². The fraction of sp³-hybridized carbons (Fsp3) is 0.333. The van der Waals surface area contributed by atoms with E-state index >= 15 is 0 Å². The lowest BCUT2D eigenvalue weighted by molar-refractivity contribution is -0.269. The van der Waals surface area contributed by atoms with Crippen LogP contribution in [0.3, 0.4) is 0 Å². The van der Waals surface area contributed by atoms with Gasteiger partial charge in [-0.3, -0.25) is 4.84 Å². The molecule has 0 fully saturated rings. The maximum absolute atomic E-state index is 12.6. The molecule has 0 bridgehead atoms. The van der Waals surface area contributed by atoms with Crippen molar-refractivity contribution < 1.29 is 23.7 Å². The molecule has 7 heteroatoms. The molecule has 0 saturated heterocycles. The minimum atomic E-state index is -0.650. The summed E-state index contributed by atoms with van der Waals surface area (Å²) in [5.74, 6) is -0.650. The van der Waals surface area contributed by atoms with Crippen molar-refractivity contribution in [2.45, 2.75) is 6.61 Å². The van der Waals surface area contributed by atoms with Crippen molar-refractivity contribution in [3.8, 4) is 0 Å². The van der Waals surface area contributed by atoms with Crippen LogP contribution in [0.5, 0.6) is 0 Å². The second-order valence-corrected chi connectivity index (χ2v) is 3.47. The highest BCUT2D eigenvalue weighted by molar-refractivity contribution is 6.43. The number of esters is 1. The lowest BCUT2D eigenvalue weighted by Crippen LogP contribution is -2.20. The number of rotatable bonds is 6. The summed E-state index contributed by atoms with van der Waals surface area (Å²) in [5, 5.41) is 3.72. The van der Waals surface area contributed by atoms with Gasteiger partial charge in [0.25, 0.3) is 0 Å². The largest absolute Gasteiger partial charge is 0.464 e. The topological polar surface area (TPSA) is 60.4 Å². The molecule has 1 rings (SSSR count). The summed E-state index contributed by atoms with van der Waals surface area (Å²) in [6, 6.07) is 6.78. The molecule has 0 radical (unpaired) electrons. The third kappa shape index (κ3) is 4.31. The number of ether oxygens (including phenoxy) is 1.